The molecule has 0 atom stereocenters. The van der Waals surface area contributed by atoms with E-state index in [0.717, 1.165) is 63.2 Å². The van der Waals surface area contributed by atoms with E-state index in [2.05, 4.69) is 91.9 Å². The van der Waals surface area contributed by atoms with Gasteiger partial charge < -0.3 is 9.47 Å². The molecule has 2 aromatic carbocycles. The zero-order valence-corrected chi connectivity index (χ0v) is 19.8. The van der Waals surface area contributed by atoms with Crippen molar-refractivity contribution in [2.75, 3.05) is 37.6 Å². The lowest BCUT2D eigenvalue weighted by atomic mass is 10.0. The Kier molecular flexibility index (Phi) is 6.96. The van der Waals surface area contributed by atoms with Crippen LogP contribution in [0.15, 0.2) is 79.1 Å². The van der Waals surface area contributed by atoms with E-state index in [-0.39, 0.29) is 0 Å². The number of hydrogen-bond acceptors (Lipinski definition) is 5. The highest BCUT2D eigenvalue weighted by Crippen LogP contribution is 2.33. The van der Waals surface area contributed by atoms with Gasteiger partial charge in [-0.1, -0.05) is 60.7 Å². The molecule has 0 amide bonds. The van der Waals surface area contributed by atoms with Gasteiger partial charge in [0.25, 0.3) is 0 Å². The van der Waals surface area contributed by atoms with Crippen molar-refractivity contribution in [1.29, 1.82) is 0 Å². The first-order valence-electron chi connectivity index (χ1n) is 12.2. The van der Waals surface area contributed by atoms with E-state index in [4.69, 9.17) is 4.98 Å². The first-order chi connectivity index (χ1) is 16.8. The summed E-state index contributed by atoms with van der Waals surface area (Å²) in [7, 11) is 0. The van der Waals surface area contributed by atoms with Gasteiger partial charge in [-0.15, -0.1) is 0 Å². The van der Waals surface area contributed by atoms with E-state index in [9.17, 15) is 0 Å². The lowest BCUT2D eigenvalue weighted by Crippen LogP contribution is -2.47. The van der Waals surface area contributed by atoms with Gasteiger partial charge in [-0.05, 0) is 32.4 Å². The van der Waals surface area contributed by atoms with Crippen molar-refractivity contribution >= 4 is 5.95 Å². The van der Waals surface area contributed by atoms with Gasteiger partial charge in [0.2, 0.25) is 5.95 Å². The van der Waals surface area contributed by atoms with Crippen LogP contribution < -0.4 is 4.90 Å². The minimum atomic E-state index is 0.848. The Morgan fingerprint density at radius 2 is 1.32 bits per heavy atom. The average Bonchev–Trinajstić information content (AvgIpc) is 3.24. The van der Waals surface area contributed by atoms with Crippen LogP contribution in [0.1, 0.15) is 18.7 Å². The molecule has 5 rings (SSSR count). The molecule has 4 aromatic rings. The normalized spacial score (nSPS) is 14.4. The molecule has 1 aliphatic rings. The Morgan fingerprint density at radius 3 is 2.00 bits per heavy atom. The summed E-state index contributed by atoms with van der Waals surface area (Å²) in [4.78, 5) is 18.6. The molecule has 34 heavy (non-hydrogen) atoms. The quantitative estimate of drug-likeness (QED) is 0.355. The fourth-order valence-electron chi connectivity index (χ4n) is 4.76. The van der Waals surface area contributed by atoms with Crippen molar-refractivity contribution in [3.8, 4) is 22.5 Å². The van der Waals surface area contributed by atoms with Crippen molar-refractivity contribution < 1.29 is 0 Å². The molecule has 6 nitrogen and oxygen atoms in total. The summed E-state index contributed by atoms with van der Waals surface area (Å²) in [5, 5.41) is 0. The number of aryl methyl sites for hydroxylation is 1. The molecule has 1 aliphatic heterocycles. The van der Waals surface area contributed by atoms with Gasteiger partial charge in [0.1, 0.15) is 5.82 Å². The fraction of sp³-hybridized carbons (Fsp3) is 0.321. The summed E-state index contributed by atoms with van der Waals surface area (Å²) in [5.74, 6) is 1.93. The number of anilines is 1. The maximum absolute atomic E-state index is 5.00. The van der Waals surface area contributed by atoms with Gasteiger partial charge in [0.15, 0.2) is 0 Å². The van der Waals surface area contributed by atoms with Gasteiger partial charge in [-0.3, -0.25) is 4.90 Å². The van der Waals surface area contributed by atoms with Crippen LogP contribution in [0, 0.1) is 6.92 Å². The van der Waals surface area contributed by atoms with Crippen LogP contribution in [-0.2, 0) is 6.54 Å². The standard InChI is InChI=1S/C28H32N6/c1-23-31-26(24-11-4-2-5-12-24)27(25-13-6-3-7-14-25)34(23)18-9-8-17-32-19-21-33(22-20-32)28-29-15-10-16-30-28/h2-7,10-16H,8-9,17-22H2,1H3. The van der Waals surface area contributed by atoms with Crippen molar-refractivity contribution in [3.05, 3.63) is 84.9 Å². The lowest BCUT2D eigenvalue weighted by molar-refractivity contribution is 0.250. The van der Waals surface area contributed by atoms with Crippen molar-refractivity contribution in [3.63, 3.8) is 0 Å². The van der Waals surface area contributed by atoms with E-state index in [1.165, 1.54) is 23.2 Å². The van der Waals surface area contributed by atoms with Crippen LogP contribution in [-0.4, -0.2) is 57.1 Å². The van der Waals surface area contributed by atoms with Crippen molar-refractivity contribution in [2.45, 2.75) is 26.3 Å². The van der Waals surface area contributed by atoms with Gasteiger partial charge in [-0.25, -0.2) is 15.0 Å². The minimum Gasteiger partial charge on any atom is -0.338 e. The second-order valence-corrected chi connectivity index (χ2v) is 8.82. The predicted octanol–water partition coefficient (Wildman–Crippen LogP) is 4.92. The third-order valence-electron chi connectivity index (χ3n) is 6.57. The molecule has 0 spiro atoms. The zero-order valence-electron chi connectivity index (χ0n) is 19.8. The molecule has 1 fully saturated rings. The molecule has 1 saturated heterocycles. The summed E-state index contributed by atoms with van der Waals surface area (Å²) >= 11 is 0. The highest BCUT2D eigenvalue weighted by Gasteiger charge is 2.20. The molecular formula is C28H32N6. The van der Waals surface area contributed by atoms with E-state index in [0.29, 0.717) is 0 Å². The van der Waals surface area contributed by atoms with Crippen LogP contribution in [0.3, 0.4) is 0 Å². The third-order valence-corrected chi connectivity index (χ3v) is 6.57. The lowest BCUT2D eigenvalue weighted by Gasteiger charge is -2.34. The molecule has 6 heteroatoms. The number of unbranched alkanes of at least 4 members (excludes halogenated alkanes) is 1. The summed E-state index contributed by atoms with van der Waals surface area (Å²) < 4.78 is 2.41. The third kappa shape index (κ3) is 5.02. The molecule has 0 bridgehead atoms. The molecule has 0 N–H and O–H groups in total. The molecule has 174 valence electrons. The van der Waals surface area contributed by atoms with Crippen LogP contribution in [0.2, 0.25) is 0 Å². The van der Waals surface area contributed by atoms with E-state index >= 15 is 0 Å². The first-order valence-corrected chi connectivity index (χ1v) is 12.2. The molecule has 0 radical (unpaired) electrons. The Morgan fingerprint density at radius 1 is 0.706 bits per heavy atom. The van der Waals surface area contributed by atoms with E-state index < -0.39 is 0 Å². The maximum Gasteiger partial charge on any atom is 0.225 e. The largest absolute Gasteiger partial charge is 0.338 e. The SMILES string of the molecule is Cc1nc(-c2ccccc2)c(-c2ccccc2)n1CCCCN1CCN(c2ncccn2)CC1. The topological polar surface area (TPSA) is 50.1 Å². The number of hydrogen-bond donors (Lipinski definition) is 0. The van der Waals surface area contributed by atoms with Crippen LogP contribution >= 0.6 is 0 Å². The Hall–Kier alpha value is -3.51. The zero-order chi connectivity index (χ0) is 23.2. The summed E-state index contributed by atoms with van der Waals surface area (Å²) in [5.41, 5.74) is 4.69. The first kappa shape index (κ1) is 22.3. The minimum absolute atomic E-state index is 0.848. The average molecular weight is 453 g/mol. The predicted molar refractivity (Wildman–Crippen MR) is 138 cm³/mol. The summed E-state index contributed by atoms with van der Waals surface area (Å²) in [6, 6.07) is 23.1. The molecule has 0 aliphatic carbocycles. The van der Waals surface area contributed by atoms with Crippen molar-refractivity contribution in [1.82, 2.24) is 24.4 Å². The molecule has 3 heterocycles. The summed E-state index contributed by atoms with van der Waals surface area (Å²) in [6.45, 7) is 8.35. The maximum atomic E-state index is 5.00. The smallest absolute Gasteiger partial charge is 0.225 e. The van der Waals surface area contributed by atoms with Crippen LogP contribution in [0.4, 0.5) is 5.95 Å². The van der Waals surface area contributed by atoms with E-state index in [1.54, 1.807) is 0 Å². The van der Waals surface area contributed by atoms with Crippen LogP contribution in [0.5, 0.6) is 0 Å². The highest BCUT2D eigenvalue weighted by atomic mass is 15.3. The highest BCUT2D eigenvalue weighted by molar-refractivity contribution is 5.79. The monoisotopic (exact) mass is 452 g/mol. The Bertz CT molecular complexity index is 1170. The number of piperazine rings is 1. The number of aromatic nitrogens is 4. The Labute approximate surface area is 201 Å². The second kappa shape index (κ2) is 10.6. The molecular weight excluding hydrogens is 420 g/mol. The molecule has 0 saturated carbocycles. The number of benzene rings is 2. The number of nitrogens with zero attached hydrogens (tertiary/aromatic N) is 6. The van der Waals surface area contributed by atoms with Gasteiger partial charge in [-0.2, -0.15) is 0 Å². The Balaban J connectivity index is 1.22. The van der Waals surface area contributed by atoms with Crippen molar-refractivity contribution in [2.24, 2.45) is 0 Å². The van der Waals surface area contributed by atoms with Gasteiger partial charge in [0, 0.05) is 56.2 Å². The number of rotatable bonds is 8. The van der Waals surface area contributed by atoms with E-state index in [1.807, 2.05) is 18.5 Å². The van der Waals surface area contributed by atoms with Gasteiger partial charge in [0.05, 0.1) is 11.4 Å². The summed E-state index contributed by atoms with van der Waals surface area (Å²) in [6.07, 6.45) is 5.95. The van der Waals surface area contributed by atoms with Gasteiger partial charge >= 0.3 is 0 Å². The number of imidazole rings is 1. The van der Waals surface area contributed by atoms with Crippen LogP contribution in [0.25, 0.3) is 22.5 Å². The fourth-order valence-corrected chi connectivity index (χ4v) is 4.76. The second-order valence-electron chi connectivity index (χ2n) is 8.82. The molecule has 2 aromatic heterocycles. The molecule has 0 unspecified atom stereocenters.